The molecule has 0 radical (unpaired) electrons. The van der Waals surface area contributed by atoms with Crippen molar-refractivity contribution >= 4 is 23.4 Å². The van der Waals surface area contributed by atoms with Crippen LogP contribution in [0.1, 0.15) is 64.1 Å². The number of ketones is 1. The van der Waals surface area contributed by atoms with Gasteiger partial charge in [0.2, 0.25) is 0 Å². The molecule has 6 heteroatoms. The van der Waals surface area contributed by atoms with Gasteiger partial charge in [0, 0.05) is 39.4 Å². The van der Waals surface area contributed by atoms with E-state index in [1.54, 1.807) is 18.2 Å². The van der Waals surface area contributed by atoms with Gasteiger partial charge < -0.3 is 10.1 Å². The van der Waals surface area contributed by atoms with E-state index in [1.807, 2.05) is 79.7 Å². The summed E-state index contributed by atoms with van der Waals surface area (Å²) in [5, 5.41) is 10.6. The molecule has 2 N–H and O–H groups in total. The number of hydrogen-bond acceptors (Lipinski definition) is 3. The number of aromatic carboxylic acids is 1. The van der Waals surface area contributed by atoms with Crippen LogP contribution in [0.3, 0.4) is 0 Å². The van der Waals surface area contributed by atoms with Crippen molar-refractivity contribution in [3.05, 3.63) is 124 Å². The highest BCUT2D eigenvalue weighted by molar-refractivity contribution is 6.34. The molecular weight excluding hydrogens is 532 g/mol. The number of Topliss-reactive ketones (excluding diaryl/α,β-unsaturated/α-hetero) is 1. The van der Waals surface area contributed by atoms with E-state index >= 15 is 0 Å². The van der Waals surface area contributed by atoms with Gasteiger partial charge in [0.05, 0.1) is 11.3 Å². The van der Waals surface area contributed by atoms with Crippen LogP contribution < -0.4 is 0 Å². The van der Waals surface area contributed by atoms with E-state index in [1.165, 1.54) is 6.07 Å². The SMILES string of the molecule is CCC[C@@H](CC(=O)c1ccc(-c2c(Cl)cccc2-c2nc(-c3ccccc3)c(C)[nH]2)c(C(=O)O)c1)c1ccccc1. The average molecular weight is 563 g/mol. The van der Waals surface area contributed by atoms with Crippen LogP contribution in [0, 0.1) is 6.92 Å². The molecule has 206 valence electrons. The Kier molecular flexibility index (Phi) is 8.46. The normalized spacial score (nSPS) is 11.8. The van der Waals surface area contributed by atoms with Crippen LogP contribution in [-0.4, -0.2) is 26.8 Å². The molecule has 0 aliphatic carbocycles. The predicted molar refractivity (Wildman–Crippen MR) is 165 cm³/mol. The Balaban J connectivity index is 1.54. The molecule has 1 heterocycles. The number of aromatic nitrogens is 2. The molecule has 1 atom stereocenters. The zero-order valence-electron chi connectivity index (χ0n) is 23.0. The summed E-state index contributed by atoms with van der Waals surface area (Å²) in [5.74, 6) is -0.567. The first-order valence-corrected chi connectivity index (χ1v) is 14.1. The quantitative estimate of drug-likeness (QED) is 0.166. The van der Waals surface area contributed by atoms with Gasteiger partial charge >= 0.3 is 5.97 Å². The summed E-state index contributed by atoms with van der Waals surface area (Å²) in [7, 11) is 0. The topological polar surface area (TPSA) is 83.0 Å². The Morgan fingerprint density at radius 3 is 2.29 bits per heavy atom. The molecule has 0 aliphatic rings. The first-order valence-electron chi connectivity index (χ1n) is 13.7. The molecule has 5 nitrogen and oxygen atoms in total. The summed E-state index contributed by atoms with van der Waals surface area (Å²) in [4.78, 5) is 34.2. The van der Waals surface area contributed by atoms with Crippen LogP contribution in [0.25, 0.3) is 33.8 Å². The molecule has 0 spiro atoms. The number of nitrogens with zero attached hydrogens (tertiary/aromatic N) is 1. The smallest absolute Gasteiger partial charge is 0.336 e. The maximum Gasteiger partial charge on any atom is 0.336 e. The monoisotopic (exact) mass is 562 g/mol. The molecule has 0 fully saturated rings. The number of rotatable bonds is 10. The molecule has 5 aromatic rings. The van der Waals surface area contributed by atoms with Crippen LogP contribution in [0.15, 0.2) is 97.1 Å². The molecule has 0 bridgehead atoms. The van der Waals surface area contributed by atoms with Gasteiger partial charge in [0.25, 0.3) is 0 Å². The fourth-order valence-corrected chi connectivity index (χ4v) is 5.65. The van der Waals surface area contributed by atoms with Crippen molar-refractivity contribution in [1.29, 1.82) is 0 Å². The predicted octanol–water partition coefficient (Wildman–Crippen LogP) is 9.23. The van der Waals surface area contributed by atoms with Crippen LogP contribution in [0.4, 0.5) is 0 Å². The lowest BCUT2D eigenvalue weighted by atomic mass is 9.87. The molecular formula is C35H31ClN2O3. The summed E-state index contributed by atoms with van der Waals surface area (Å²) in [6, 6.07) is 30.1. The van der Waals surface area contributed by atoms with E-state index in [4.69, 9.17) is 16.6 Å². The summed E-state index contributed by atoms with van der Waals surface area (Å²) >= 11 is 6.73. The molecule has 0 unspecified atom stereocenters. The van der Waals surface area contributed by atoms with E-state index in [0.717, 1.165) is 35.4 Å². The van der Waals surface area contributed by atoms with Gasteiger partial charge in [-0.05, 0) is 42.5 Å². The number of carbonyl (C=O) groups excluding carboxylic acids is 1. The summed E-state index contributed by atoms with van der Waals surface area (Å²) < 4.78 is 0. The number of carboxylic acid groups (broad SMARTS) is 1. The highest BCUT2D eigenvalue weighted by Crippen LogP contribution is 2.40. The Labute approximate surface area is 244 Å². The number of halogens is 1. The van der Waals surface area contributed by atoms with Crippen molar-refractivity contribution in [2.45, 2.75) is 39.0 Å². The van der Waals surface area contributed by atoms with Crippen molar-refractivity contribution in [3.63, 3.8) is 0 Å². The highest BCUT2D eigenvalue weighted by atomic mass is 35.5. The number of carbonyl (C=O) groups is 2. The molecule has 4 aromatic carbocycles. The summed E-state index contributed by atoms with van der Waals surface area (Å²) in [6.45, 7) is 4.05. The van der Waals surface area contributed by atoms with Crippen molar-refractivity contribution < 1.29 is 14.7 Å². The third kappa shape index (κ3) is 6.01. The lowest BCUT2D eigenvalue weighted by Gasteiger charge is -2.17. The number of aromatic amines is 1. The van der Waals surface area contributed by atoms with E-state index in [2.05, 4.69) is 11.9 Å². The largest absolute Gasteiger partial charge is 0.478 e. The molecule has 0 saturated heterocycles. The lowest BCUT2D eigenvalue weighted by molar-refractivity contribution is 0.0697. The third-order valence-corrected chi connectivity index (χ3v) is 7.70. The number of carboxylic acids is 1. The Hall–Kier alpha value is -4.48. The molecule has 5 rings (SSSR count). The molecule has 0 saturated carbocycles. The van der Waals surface area contributed by atoms with Crippen LogP contribution in [0.2, 0.25) is 5.02 Å². The summed E-state index contributed by atoms with van der Waals surface area (Å²) in [5.41, 5.74) is 5.83. The second kappa shape index (κ2) is 12.4. The third-order valence-electron chi connectivity index (χ3n) is 7.38. The van der Waals surface area contributed by atoms with Gasteiger partial charge in [-0.25, -0.2) is 9.78 Å². The van der Waals surface area contributed by atoms with Crippen molar-refractivity contribution in [1.82, 2.24) is 9.97 Å². The average Bonchev–Trinajstić information content (AvgIpc) is 3.38. The minimum Gasteiger partial charge on any atom is -0.478 e. The standard InChI is InChI=1S/C35H31ClN2O3/c1-3-11-25(23-12-6-4-7-13-23)21-31(39)26-18-19-27(29(20-26)35(40)41)32-28(16-10-17-30(32)36)34-37-22(2)33(38-34)24-14-8-5-9-15-24/h4-10,12-20,25H,3,11,21H2,1-2H3,(H,37,38)(H,40,41)/t25-/m0/s1. The number of H-pyrrole nitrogens is 1. The Morgan fingerprint density at radius 1 is 0.902 bits per heavy atom. The van der Waals surface area contributed by atoms with Gasteiger partial charge in [0.1, 0.15) is 5.82 Å². The zero-order valence-corrected chi connectivity index (χ0v) is 23.8. The maximum absolute atomic E-state index is 13.4. The lowest BCUT2D eigenvalue weighted by Crippen LogP contribution is -2.10. The minimum absolute atomic E-state index is 0.0171. The van der Waals surface area contributed by atoms with Gasteiger partial charge in [0.15, 0.2) is 5.78 Å². The number of hydrogen-bond donors (Lipinski definition) is 2. The Morgan fingerprint density at radius 2 is 1.61 bits per heavy atom. The fourth-order valence-electron chi connectivity index (χ4n) is 5.37. The van der Waals surface area contributed by atoms with Crippen LogP contribution in [0.5, 0.6) is 0 Å². The maximum atomic E-state index is 13.4. The second-order valence-corrected chi connectivity index (χ2v) is 10.6. The number of benzene rings is 4. The van der Waals surface area contributed by atoms with E-state index in [-0.39, 0.29) is 17.3 Å². The van der Waals surface area contributed by atoms with Gasteiger partial charge in [-0.1, -0.05) is 110 Å². The number of nitrogens with one attached hydrogen (secondary N) is 1. The second-order valence-electron chi connectivity index (χ2n) is 10.2. The van der Waals surface area contributed by atoms with E-state index in [0.29, 0.717) is 39.5 Å². The molecule has 41 heavy (non-hydrogen) atoms. The molecule has 1 aromatic heterocycles. The van der Waals surface area contributed by atoms with Crippen LogP contribution in [-0.2, 0) is 0 Å². The Bertz CT molecular complexity index is 1690. The summed E-state index contributed by atoms with van der Waals surface area (Å²) in [6.07, 6.45) is 2.12. The van der Waals surface area contributed by atoms with E-state index < -0.39 is 5.97 Å². The molecule has 0 amide bonds. The first-order chi connectivity index (χ1) is 19.9. The van der Waals surface area contributed by atoms with Crippen molar-refractivity contribution in [3.8, 4) is 33.8 Å². The van der Waals surface area contributed by atoms with Crippen molar-refractivity contribution in [2.75, 3.05) is 0 Å². The highest BCUT2D eigenvalue weighted by Gasteiger charge is 2.23. The fraction of sp³-hybridized carbons (Fsp3) is 0.171. The van der Waals surface area contributed by atoms with Gasteiger partial charge in [-0.2, -0.15) is 0 Å². The van der Waals surface area contributed by atoms with Gasteiger partial charge in [-0.15, -0.1) is 0 Å². The number of imidazole rings is 1. The molecule has 0 aliphatic heterocycles. The van der Waals surface area contributed by atoms with Crippen LogP contribution >= 0.6 is 11.6 Å². The zero-order chi connectivity index (χ0) is 28.9. The number of aryl methyl sites for hydroxylation is 1. The van der Waals surface area contributed by atoms with Gasteiger partial charge in [-0.3, -0.25) is 4.79 Å². The first kappa shape index (κ1) is 28.1. The van der Waals surface area contributed by atoms with E-state index in [9.17, 15) is 14.7 Å². The minimum atomic E-state index is -1.13. The van der Waals surface area contributed by atoms with Crippen molar-refractivity contribution in [2.24, 2.45) is 0 Å².